The number of hydrazone groups is 1. The van der Waals surface area contributed by atoms with E-state index in [4.69, 9.17) is 9.47 Å². The number of nitrogens with zero attached hydrogens (tertiary/aromatic N) is 4. The minimum atomic E-state index is -0.326. The van der Waals surface area contributed by atoms with Gasteiger partial charge in [-0.15, -0.1) is 0 Å². The van der Waals surface area contributed by atoms with E-state index in [9.17, 15) is 9.59 Å². The fraction of sp³-hybridized carbons (Fsp3) is 0.429. The van der Waals surface area contributed by atoms with E-state index in [2.05, 4.69) is 40.8 Å². The van der Waals surface area contributed by atoms with Gasteiger partial charge in [0.2, 0.25) is 0 Å². The van der Waals surface area contributed by atoms with Gasteiger partial charge in [0.05, 0.1) is 24.4 Å². The van der Waals surface area contributed by atoms with Gasteiger partial charge in [-0.05, 0) is 88.9 Å². The Morgan fingerprint density at radius 1 is 1.14 bits per heavy atom. The van der Waals surface area contributed by atoms with Crippen molar-refractivity contribution < 1.29 is 19.1 Å². The fourth-order valence-electron chi connectivity index (χ4n) is 5.03. The molecule has 1 N–H and O–H groups in total. The summed E-state index contributed by atoms with van der Waals surface area (Å²) in [4.78, 5) is 31.8. The first-order valence-electron chi connectivity index (χ1n) is 12.7. The summed E-state index contributed by atoms with van der Waals surface area (Å²) in [6, 6.07) is 11.1. The number of hydrogen-bond donors (Lipinski definition) is 1. The van der Waals surface area contributed by atoms with Crippen LogP contribution >= 0.6 is 0 Å². The number of carbonyl (C=O) groups excluding carboxylic acids is 2. The molecule has 2 aromatic carbocycles. The second-order valence-electron chi connectivity index (χ2n) is 9.43. The third-order valence-electron chi connectivity index (χ3n) is 6.92. The van der Waals surface area contributed by atoms with E-state index in [1.807, 2.05) is 17.9 Å². The van der Waals surface area contributed by atoms with Gasteiger partial charge in [-0.25, -0.2) is 10.4 Å². The summed E-state index contributed by atoms with van der Waals surface area (Å²) in [7, 11) is 1.54. The van der Waals surface area contributed by atoms with Crippen LogP contribution in [0.1, 0.15) is 61.8 Å². The number of fused-ring (bicyclic) bond motifs is 1. The monoisotopic (exact) mass is 505 g/mol. The number of likely N-dealkylation sites (tertiary alicyclic amines) is 1. The van der Waals surface area contributed by atoms with Crippen LogP contribution in [-0.2, 0) is 11.3 Å². The van der Waals surface area contributed by atoms with Gasteiger partial charge in [0.1, 0.15) is 5.82 Å². The van der Waals surface area contributed by atoms with Crippen LogP contribution in [0.4, 0.5) is 0 Å². The Balaban J connectivity index is 1.37. The molecule has 2 unspecified atom stereocenters. The summed E-state index contributed by atoms with van der Waals surface area (Å²) in [6.07, 6.45) is 4.70. The number of rotatable bonds is 8. The Hall–Kier alpha value is -3.88. The highest BCUT2D eigenvalue weighted by Gasteiger charge is 2.29. The largest absolute Gasteiger partial charge is 0.493 e. The van der Waals surface area contributed by atoms with Gasteiger partial charge in [-0.2, -0.15) is 5.10 Å². The van der Waals surface area contributed by atoms with Crippen LogP contribution in [-0.4, -0.2) is 58.3 Å². The van der Waals surface area contributed by atoms with Crippen molar-refractivity contribution in [3.63, 3.8) is 0 Å². The lowest BCUT2D eigenvalue weighted by molar-refractivity contribution is -0.139. The summed E-state index contributed by atoms with van der Waals surface area (Å²) < 4.78 is 13.4. The van der Waals surface area contributed by atoms with E-state index in [0.29, 0.717) is 22.6 Å². The average Bonchev–Trinajstić information content (AvgIpc) is 3.21. The number of piperidine rings is 1. The van der Waals surface area contributed by atoms with Crippen LogP contribution < -0.4 is 14.9 Å². The number of carbonyl (C=O) groups is 2. The van der Waals surface area contributed by atoms with Crippen LogP contribution in [0.5, 0.6) is 11.5 Å². The Labute approximate surface area is 217 Å². The van der Waals surface area contributed by atoms with Crippen molar-refractivity contribution in [3.8, 4) is 11.5 Å². The van der Waals surface area contributed by atoms with E-state index < -0.39 is 0 Å². The van der Waals surface area contributed by atoms with E-state index in [1.165, 1.54) is 6.21 Å². The summed E-state index contributed by atoms with van der Waals surface area (Å²) in [6.45, 7) is 8.95. The van der Waals surface area contributed by atoms with Crippen molar-refractivity contribution in [3.05, 3.63) is 53.3 Å². The van der Waals surface area contributed by atoms with Crippen LogP contribution in [0, 0.1) is 6.92 Å². The molecule has 196 valence electrons. The summed E-state index contributed by atoms with van der Waals surface area (Å²) in [5.41, 5.74) is 5.52. The van der Waals surface area contributed by atoms with Crippen molar-refractivity contribution in [2.75, 3.05) is 13.7 Å². The molecule has 9 heteroatoms. The molecule has 0 spiro atoms. The fourth-order valence-corrected chi connectivity index (χ4v) is 5.03. The number of hydrogen-bond acceptors (Lipinski definition) is 6. The molecule has 0 radical (unpaired) electrons. The number of aryl methyl sites for hydroxylation is 2. The zero-order valence-corrected chi connectivity index (χ0v) is 22.2. The minimum absolute atomic E-state index is 0.0232. The van der Waals surface area contributed by atoms with Crippen molar-refractivity contribution in [2.24, 2.45) is 5.10 Å². The lowest BCUT2D eigenvalue weighted by Gasteiger charge is -2.39. The normalized spacial score (nSPS) is 17.8. The molecular weight excluding hydrogens is 470 g/mol. The van der Waals surface area contributed by atoms with E-state index in [-0.39, 0.29) is 30.5 Å². The Kier molecular flexibility index (Phi) is 8.11. The maximum absolute atomic E-state index is 12.8. The van der Waals surface area contributed by atoms with Gasteiger partial charge < -0.3 is 18.9 Å². The number of amides is 2. The second-order valence-corrected chi connectivity index (χ2v) is 9.43. The van der Waals surface area contributed by atoms with Gasteiger partial charge in [-0.1, -0.05) is 0 Å². The third kappa shape index (κ3) is 5.76. The van der Waals surface area contributed by atoms with Crippen LogP contribution in [0.3, 0.4) is 0 Å². The Bertz CT molecular complexity index is 1310. The molecule has 2 amide bonds. The lowest BCUT2D eigenvalue weighted by atomic mass is 9.97. The van der Waals surface area contributed by atoms with Crippen molar-refractivity contribution >= 4 is 29.1 Å². The SMILES string of the molecule is CCn1c(C)nc2cc(C(=O)N/N=C/c3ccc(OCC(=O)N4C(C)CCCC4C)c(OC)c3)ccc21. The number of ether oxygens (including phenoxy) is 2. The van der Waals surface area contributed by atoms with Gasteiger partial charge in [0.15, 0.2) is 18.1 Å². The molecule has 2 heterocycles. The standard InChI is InChI=1S/C28H35N5O4/c1-6-32-20(4)30-23-15-22(11-12-24(23)32)28(35)31-29-16-21-10-13-25(26(14-21)36-5)37-17-27(34)33-18(2)8-7-9-19(33)3/h10-16,18-19H,6-9,17H2,1-5H3,(H,31,35)/b29-16+. The number of methoxy groups -OCH3 is 1. The predicted molar refractivity (Wildman–Crippen MR) is 143 cm³/mol. The number of benzene rings is 2. The molecule has 0 saturated carbocycles. The number of imidazole rings is 1. The first-order chi connectivity index (χ1) is 17.8. The molecule has 4 rings (SSSR count). The first kappa shape index (κ1) is 26.2. The topological polar surface area (TPSA) is 98.1 Å². The highest BCUT2D eigenvalue weighted by molar-refractivity contribution is 5.98. The zero-order valence-electron chi connectivity index (χ0n) is 22.2. The van der Waals surface area contributed by atoms with Crippen LogP contribution in [0.25, 0.3) is 11.0 Å². The zero-order chi connectivity index (χ0) is 26.5. The van der Waals surface area contributed by atoms with Gasteiger partial charge in [-0.3, -0.25) is 9.59 Å². The molecule has 1 saturated heterocycles. The van der Waals surface area contributed by atoms with E-state index in [1.54, 1.807) is 37.4 Å². The van der Waals surface area contributed by atoms with Crippen molar-refractivity contribution in [1.29, 1.82) is 0 Å². The minimum Gasteiger partial charge on any atom is -0.493 e. The molecular formula is C28H35N5O4. The molecule has 0 aliphatic carbocycles. The molecule has 2 atom stereocenters. The van der Waals surface area contributed by atoms with Crippen LogP contribution in [0.15, 0.2) is 41.5 Å². The van der Waals surface area contributed by atoms with Crippen molar-refractivity contribution in [2.45, 2.75) is 65.6 Å². The summed E-state index contributed by atoms with van der Waals surface area (Å²) in [5.74, 6) is 1.52. The quantitative estimate of drug-likeness (QED) is 0.364. The molecule has 37 heavy (non-hydrogen) atoms. The molecule has 1 aliphatic rings. The maximum atomic E-state index is 12.8. The molecule has 1 fully saturated rings. The summed E-state index contributed by atoms with van der Waals surface area (Å²) >= 11 is 0. The van der Waals surface area contributed by atoms with Gasteiger partial charge >= 0.3 is 0 Å². The molecule has 1 aromatic heterocycles. The summed E-state index contributed by atoms with van der Waals surface area (Å²) in [5, 5.41) is 4.09. The predicted octanol–water partition coefficient (Wildman–Crippen LogP) is 4.31. The number of nitrogens with one attached hydrogen (secondary N) is 1. The second kappa shape index (κ2) is 11.5. The third-order valence-corrected chi connectivity index (χ3v) is 6.92. The van der Waals surface area contributed by atoms with Gasteiger partial charge in [0, 0.05) is 24.2 Å². The van der Waals surface area contributed by atoms with Gasteiger partial charge in [0.25, 0.3) is 11.8 Å². The highest BCUT2D eigenvalue weighted by Crippen LogP contribution is 2.28. The van der Waals surface area contributed by atoms with E-state index >= 15 is 0 Å². The molecule has 3 aromatic rings. The number of aromatic nitrogens is 2. The highest BCUT2D eigenvalue weighted by atomic mass is 16.5. The van der Waals surface area contributed by atoms with E-state index in [0.717, 1.165) is 42.7 Å². The van der Waals surface area contributed by atoms with Crippen LogP contribution in [0.2, 0.25) is 0 Å². The first-order valence-corrected chi connectivity index (χ1v) is 12.7. The maximum Gasteiger partial charge on any atom is 0.271 e. The smallest absolute Gasteiger partial charge is 0.271 e. The molecule has 9 nitrogen and oxygen atoms in total. The molecule has 1 aliphatic heterocycles. The van der Waals surface area contributed by atoms with Crippen molar-refractivity contribution in [1.82, 2.24) is 19.9 Å². The lowest BCUT2D eigenvalue weighted by Crippen LogP contribution is -2.49. The Morgan fingerprint density at radius 3 is 2.59 bits per heavy atom. The molecule has 0 bridgehead atoms. The Morgan fingerprint density at radius 2 is 1.89 bits per heavy atom. The average molecular weight is 506 g/mol.